The molecule has 0 aromatic rings. The predicted molar refractivity (Wildman–Crippen MR) is 70.7 cm³/mol. The highest BCUT2D eigenvalue weighted by molar-refractivity contribution is 5.97. The molecule has 5 nitrogen and oxygen atoms in total. The molecule has 0 rings (SSSR count). The van der Waals surface area contributed by atoms with Gasteiger partial charge in [-0.05, 0) is 26.7 Å². The van der Waals surface area contributed by atoms with E-state index in [1.807, 2.05) is 26.8 Å². The molecule has 0 bridgehead atoms. The summed E-state index contributed by atoms with van der Waals surface area (Å²) in [5, 5.41) is 14.6. The molecular weight excluding hydrogens is 230 g/mol. The summed E-state index contributed by atoms with van der Waals surface area (Å²) in [6, 6.07) is 1.96. The average Bonchev–Trinajstić information content (AvgIpc) is 2.37. The molecule has 1 atom stereocenters. The first-order valence-corrected chi connectivity index (χ1v) is 6.37. The summed E-state index contributed by atoms with van der Waals surface area (Å²) in [5.74, 6) is -0.329. The molecule has 0 aromatic carbocycles. The molecule has 0 aliphatic carbocycles. The summed E-state index contributed by atoms with van der Waals surface area (Å²) in [5.41, 5.74) is 0.103. The third-order valence-electron chi connectivity index (χ3n) is 2.42. The van der Waals surface area contributed by atoms with Crippen molar-refractivity contribution in [1.29, 1.82) is 5.26 Å². The molecule has 0 aliphatic heterocycles. The van der Waals surface area contributed by atoms with Crippen molar-refractivity contribution in [2.45, 2.75) is 39.7 Å². The van der Waals surface area contributed by atoms with Gasteiger partial charge in [-0.2, -0.15) is 5.26 Å². The Bertz CT molecular complexity index is 308. The third kappa shape index (κ3) is 7.69. The number of nitrogens with zero attached hydrogens (tertiary/aromatic N) is 1. The maximum Gasteiger partial charge on any atom is 0.263 e. The highest BCUT2D eigenvalue weighted by Gasteiger charge is 2.10. The van der Waals surface area contributed by atoms with Crippen LogP contribution in [0.25, 0.3) is 0 Å². The summed E-state index contributed by atoms with van der Waals surface area (Å²) < 4.78 is 5.18. The fourth-order valence-electron chi connectivity index (χ4n) is 1.15. The summed E-state index contributed by atoms with van der Waals surface area (Å²) >= 11 is 0. The lowest BCUT2D eigenvalue weighted by molar-refractivity contribution is -0.117. The van der Waals surface area contributed by atoms with Gasteiger partial charge in [0.05, 0.1) is 0 Å². The van der Waals surface area contributed by atoms with Crippen LogP contribution in [0.15, 0.2) is 11.8 Å². The number of carbonyl (C=O) groups excluding carboxylic acids is 1. The molecule has 0 fully saturated rings. The van der Waals surface area contributed by atoms with Crippen LogP contribution in [0, 0.1) is 11.3 Å². The van der Waals surface area contributed by atoms with Crippen LogP contribution in [0.5, 0.6) is 0 Å². The van der Waals surface area contributed by atoms with Gasteiger partial charge in [-0.15, -0.1) is 0 Å². The number of amides is 1. The van der Waals surface area contributed by atoms with Crippen LogP contribution < -0.4 is 10.6 Å². The number of hydrogen-bond donors (Lipinski definition) is 2. The van der Waals surface area contributed by atoms with Gasteiger partial charge in [0.15, 0.2) is 0 Å². The van der Waals surface area contributed by atoms with Gasteiger partial charge in [0.2, 0.25) is 0 Å². The zero-order valence-electron chi connectivity index (χ0n) is 11.5. The Labute approximate surface area is 109 Å². The van der Waals surface area contributed by atoms with Crippen molar-refractivity contribution in [3.05, 3.63) is 11.8 Å². The van der Waals surface area contributed by atoms with E-state index < -0.39 is 0 Å². The number of ether oxygens (including phenoxy) is 1. The number of carbonyl (C=O) groups is 1. The van der Waals surface area contributed by atoms with Gasteiger partial charge >= 0.3 is 0 Å². The Morgan fingerprint density at radius 1 is 1.50 bits per heavy atom. The Morgan fingerprint density at radius 3 is 2.78 bits per heavy atom. The van der Waals surface area contributed by atoms with E-state index in [4.69, 9.17) is 10.00 Å². The van der Waals surface area contributed by atoms with Gasteiger partial charge in [0.25, 0.3) is 5.91 Å². The highest BCUT2D eigenvalue weighted by atomic mass is 16.5. The van der Waals surface area contributed by atoms with Crippen molar-refractivity contribution in [1.82, 2.24) is 10.6 Å². The van der Waals surface area contributed by atoms with Gasteiger partial charge in [-0.25, -0.2) is 0 Å². The first kappa shape index (κ1) is 16.5. The van der Waals surface area contributed by atoms with E-state index >= 15 is 0 Å². The highest BCUT2D eigenvalue weighted by Crippen LogP contribution is 1.95. The maximum absolute atomic E-state index is 11.6. The first-order valence-electron chi connectivity index (χ1n) is 6.37. The molecule has 1 unspecified atom stereocenters. The SMILES string of the molecule is CCOCCCN/C=C(/C#N)C(=O)NC(C)CC. The van der Waals surface area contributed by atoms with E-state index in [0.29, 0.717) is 19.8 Å². The zero-order chi connectivity index (χ0) is 13.8. The molecule has 2 N–H and O–H groups in total. The van der Waals surface area contributed by atoms with Crippen molar-refractivity contribution in [2.75, 3.05) is 19.8 Å². The van der Waals surface area contributed by atoms with E-state index in [9.17, 15) is 4.79 Å². The number of hydrogen-bond acceptors (Lipinski definition) is 4. The molecular formula is C13H23N3O2. The van der Waals surface area contributed by atoms with Crippen LogP contribution in [0.1, 0.15) is 33.6 Å². The third-order valence-corrected chi connectivity index (χ3v) is 2.42. The van der Waals surface area contributed by atoms with Crippen LogP contribution in [0.4, 0.5) is 0 Å². The second-order valence-electron chi connectivity index (χ2n) is 3.96. The lowest BCUT2D eigenvalue weighted by atomic mass is 10.2. The van der Waals surface area contributed by atoms with Crippen molar-refractivity contribution in [2.24, 2.45) is 0 Å². The molecule has 0 saturated carbocycles. The van der Waals surface area contributed by atoms with E-state index in [0.717, 1.165) is 12.8 Å². The number of rotatable bonds is 9. The molecule has 0 heterocycles. The van der Waals surface area contributed by atoms with Crippen molar-refractivity contribution < 1.29 is 9.53 Å². The summed E-state index contributed by atoms with van der Waals surface area (Å²) in [6.07, 6.45) is 3.14. The van der Waals surface area contributed by atoms with E-state index in [1.165, 1.54) is 6.20 Å². The minimum absolute atomic E-state index is 0.0761. The fraction of sp³-hybridized carbons (Fsp3) is 0.692. The van der Waals surface area contributed by atoms with Gasteiger partial charge in [0.1, 0.15) is 11.6 Å². The standard InChI is InChI=1S/C13H23N3O2/c1-4-11(3)16-13(17)12(9-14)10-15-7-6-8-18-5-2/h10-11,15H,4-8H2,1-3H3,(H,16,17)/b12-10-. The molecule has 0 aliphatic rings. The van der Waals surface area contributed by atoms with Crippen LogP contribution in [-0.2, 0) is 9.53 Å². The smallest absolute Gasteiger partial charge is 0.263 e. The second kappa shape index (κ2) is 10.6. The first-order chi connectivity index (χ1) is 8.65. The largest absolute Gasteiger partial charge is 0.390 e. The summed E-state index contributed by atoms with van der Waals surface area (Å²) in [6.45, 7) is 7.89. The maximum atomic E-state index is 11.6. The Kier molecular flexibility index (Phi) is 9.70. The van der Waals surface area contributed by atoms with Gasteiger partial charge in [0, 0.05) is 32.0 Å². The predicted octanol–water partition coefficient (Wildman–Crippen LogP) is 1.32. The van der Waals surface area contributed by atoms with Crippen LogP contribution in [0.3, 0.4) is 0 Å². The fourth-order valence-corrected chi connectivity index (χ4v) is 1.15. The Hall–Kier alpha value is -1.54. The molecule has 0 radical (unpaired) electrons. The molecule has 0 aromatic heterocycles. The summed E-state index contributed by atoms with van der Waals surface area (Å²) in [4.78, 5) is 11.6. The van der Waals surface area contributed by atoms with Crippen molar-refractivity contribution >= 4 is 5.91 Å². The molecule has 102 valence electrons. The minimum Gasteiger partial charge on any atom is -0.390 e. The summed E-state index contributed by atoms with van der Waals surface area (Å²) in [7, 11) is 0. The van der Waals surface area contributed by atoms with Crippen LogP contribution >= 0.6 is 0 Å². The van der Waals surface area contributed by atoms with Gasteiger partial charge in [-0.1, -0.05) is 6.92 Å². The Morgan fingerprint density at radius 2 is 2.22 bits per heavy atom. The average molecular weight is 253 g/mol. The van der Waals surface area contributed by atoms with E-state index in [-0.39, 0.29) is 17.5 Å². The lowest BCUT2D eigenvalue weighted by Gasteiger charge is -2.10. The van der Waals surface area contributed by atoms with E-state index in [2.05, 4.69) is 10.6 Å². The van der Waals surface area contributed by atoms with Crippen molar-refractivity contribution in [3.8, 4) is 6.07 Å². The molecule has 0 spiro atoms. The van der Waals surface area contributed by atoms with Crippen molar-refractivity contribution in [3.63, 3.8) is 0 Å². The van der Waals surface area contributed by atoms with Crippen LogP contribution in [0.2, 0.25) is 0 Å². The number of nitrogens with one attached hydrogen (secondary N) is 2. The van der Waals surface area contributed by atoms with Gasteiger partial charge < -0.3 is 15.4 Å². The number of nitriles is 1. The quantitative estimate of drug-likeness (QED) is 0.369. The Balaban J connectivity index is 4.00. The van der Waals surface area contributed by atoms with E-state index in [1.54, 1.807) is 0 Å². The molecule has 0 saturated heterocycles. The minimum atomic E-state index is -0.329. The van der Waals surface area contributed by atoms with Crippen LogP contribution in [-0.4, -0.2) is 31.7 Å². The lowest BCUT2D eigenvalue weighted by Crippen LogP contribution is -2.33. The van der Waals surface area contributed by atoms with Gasteiger partial charge in [-0.3, -0.25) is 4.79 Å². The molecule has 1 amide bonds. The second-order valence-corrected chi connectivity index (χ2v) is 3.96. The zero-order valence-corrected chi connectivity index (χ0v) is 11.5. The monoisotopic (exact) mass is 253 g/mol. The topological polar surface area (TPSA) is 74.1 Å². The normalized spacial score (nSPS) is 12.7. The molecule has 5 heteroatoms. The molecule has 18 heavy (non-hydrogen) atoms.